The fraction of sp³-hybridized carbons (Fsp3) is 0.481. The van der Waals surface area contributed by atoms with Crippen molar-refractivity contribution in [2.75, 3.05) is 13.1 Å². The number of ketones is 1. The Morgan fingerprint density at radius 1 is 1.03 bits per heavy atom. The maximum absolute atomic E-state index is 11.5. The van der Waals surface area contributed by atoms with E-state index in [1.165, 1.54) is 28.0 Å². The van der Waals surface area contributed by atoms with Crippen molar-refractivity contribution in [1.82, 2.24) is 9.88 Å². The molecule has 2 aliphatic carbocycles. The number of fused-ring (bicyclic) bond motifs is 2. The lowest BCUT2D eigenvalue weighted by molar-refractivity contribution is -0.119. The lowest BCUT2D eigenvalue weighted by Gasteiger charge is -2.38. The van der Waals surface area contributed by atoms with Crippen LogP contribution < -0.4 is 0 Å². The van der Waals surface area contributed by atoms with Gasteiger partial charge in [0.2, 0.25) is 0 Å². The van der Waals surface area contributed by atoms with Gasteiger partial charge in [-0.2, -0.15) is 0 Å². The number of piperidine rings is 1. The monoisotopic (exact) mass is 606 g/mol. The number of allylic oxidation sites excluding steroid dienone is 1. The summed E-state index contributed by atoms with van der Waals surface area (Å²) in [6.07, 6.45) is 10.0. The number of Topliss-reactive ketones (excluding diaryl/α,β-unsaturated/α-hetero) is 1. The highest BCUT2D eigenvalue weighted by molar-refractivity contribution is 9.10. The molecule has 1 aromatic carbocycles. The van der Waals surface area contributed by atoms with Gasteiger partial charge in [-0.3, -0.25) is 14.7 Å². The van der Waals surface area contributed by atoms with Gasteiger partial charge in [0.05, 0.1) is 5.69 Å². The molecule has 2 heterocycles. The first-order valence-electron chi connectivity index (χ1n) is 12.1. The number of carbonyl (C=O) groups is 1. The van der Waals surface area contributed by atoms with Crippen molar-refractivity contribution in [3.63, 3.8) is 0 Å². The number of rotatable bonds is 3. The minimum atomic E-state index is -0.572. The van der Waals surface area contributed by atoms with E-state index in [4.69, 9.17) is 16.6 Å². The summed E-state index contributed by atoms with van der Waals surface area (Å²) in [5, 5.41) is 11.6. The fourth-order valence-corrected chi connectivity index (χ4v) is 7.38. The second kappa shape index (κ2) is 10.5. The Bertz CT molecular complexity index is 1120. The number of pyridine rings is 1. The molecular weight excluding hydrogens is 580 g/mol. The third-order valence-electron chi connectivity index (χ3n) is 7.67. The first kappa shape index (κ1) is 24.6. The number of carbonyl (C=O) groups excluding carboxylic acids is 1. The minimum absolute atomic E-state index is 0.203. The number of hydrogen-bond acceptors (Lipinski definition) is 4. The van der Waals surface area contributed by atoms with E-state index in [-0.39, 0.29) is 5.92 Å². The van der Waals surface area contributed by atoms with E-state index in [1.54, 1.807) is 0 Å². The predicted molar refractivity (Wildman–Crippen MR) is 142 cm³/mol. The molecular formula is C27H29Br2ClN2O2. The van der Waals surface area contributed by atoms with Crippen LogP contribution in [0.1, 0.15) is 66.8 Å². The topological polar surface area (TPSA) is 53.4 Å². The SMILES string of the molecule is O=C1CCC(=CC(O)N2CCC([C@H]3c4ncc(Br)cc4CCc4cc(Cl)cc(Br)c43)CC2)CC1. The van der Waals surface area contributed by atoms with Crippen LogP contribution in [0.4, 0.5) is 0 Å². The first-order chi connectivity index (χ1) is 16.4. The molecule has 34 heavy (non-hydrogen) atoms. The van der Waals surface area contributed by atoms with Crippen LogP contribution in [0.3, 0.4) is 0 Å². The lowest BCUT2D eigenvalue weighted by atomic mass is 9.76. The molecule has 3 aliphatic rings. The summed E-state index contributed by atoms with van der Waals surface area (Å²) < 4.78 is 2.08. The molecule has 1 saturated carbocycles. The van der Waals surface area contributed by atoms with Crippen LogP contribution in [0.2, 0.25) is 5.02 Å². The smallest absolute Gasteiger partial charge is 0.133 e. The van der Waals surface area contributed by atoms with Crippen LogP contribution >= 0.6 is 43.5 Å². The molecule has 7 heteroatoms. The third-order valence-corrected chi connectivity index (χ3v) is 8.98. The molecule has 1 unspecified atom stereocenters. The first-order valence-corrected chi connectivity index (χ1v) is 14.1. The van der Waals surface area contributed by atoms with Crippen molar-refractivity contribution < 1.29 is 9.90 Å². The summed E-state index contributed by atoms with van der Waals surface area (Å²) >= 11 is 13.9. The molecule has 2 atom stereocenters. The number of aliphatic hydroxyl groups is 1. The van der Waals surface area contributed by atoms with Crippen LogP contribution in [0.25, 0.3) is 0 Å². The number of aliphatic hydroxyl groups excluding tert-OH is 1. The number of aryl methyl sites for hydroxylation is 2. The van der Waals surface area contributed by atoms with E-state index in [0.29, 0.717) is 24.5 Å². The highest BCUT2D eigenvalue weighted by atomic mass is 79.9. The molecule has 1 N–H and O–H groups in total. The molecule has 1 aromatic heterocycles. The number of nitrogens with zero attached hydrogens (tertiary/aromatic N) is 2. The van der Waals surface area contributed by atoms with E-state index in [1.807, 2.05) is 18.3 Å². The van der Waals surface area contributed by atoms with Gasteiger partial charge in [0.25, 0.3) is 0 Å². The Hall–Kier alpha value is -1.05. The largest absolute Gasteiger partial charge is 0.375 e. The zero-order chi connectivity index (χ0) is 23.8. The van der Waals surface area contributed by atoms with E-state index < -0.39 is 6.23 Å². The maximum atomic E-state index is 11.5. The van der Waals surface area contributed by atoms with E-state index in [0.717, 1.165) is 65.6 Å². The molecule has 0 amide bonds. The second-order valence-corrected chi connectivity index (χ2v) is 12.0. The summed E-state index contributed by atoms with van der Waals surface area (Å²) in [7, 11) is 0. The molecule has 0 spiro atoms. The van der Waals surface area contributed by atoms with Crippen LogP contribution in [0.5, 0.6) is 0 Å². The molecule has 4 nitrogen and oxygen atoms in total. The van der Waals surface area contributed by atoms with Gasteiger partial charge in [0.15, 0.2) is 0 Å². The molecule has 0 radical (unpaired) electrons. The molecule has 2 fully saturated rings. The fourth-order valence-electron chi connectivity index (χ4n) is 5.88. The van der Waals surface area contributed by atoms with Crippen molar-refractivity contribution in [2.45, 2.75) is 63.5 Å². The van der Waals surface area contributed by atoms with Crippen molar-refractivity contribution in [3.8, 4) is 0 Å². The van der Waals surface area contributed by atoms with Gasteiger partial charge in [-0.1, -0.05) is 33.1 Å². The summed E-state index contributed by atoms with van der Waals surface area (Å²) in [6, 6.07) is 6.35. The molecule has 2 aromatic rings. The van der Waals surface area contributed by atoms with Crippen molar-refractivity contribution >= 4 is 49.2 Å². The minimum Gasteiger partial charge on any atom is -0.375 e. The van der Waals surface area contributed by atoms with Crippen LogP contribution in [0.15, 0.2) is 45.0 Å². The Kier molecular flexibility index (Phi) is 7.62. The van der Waals surface area contributed by atoms with E-state index >= 15 is 0 Å². The van der Waals surface area contributed by atoms with Crippen LogP contribution in [0, 0.1) is 5.92 Å². The highest BCUT2D eigenvalue weighted by Gasteiger charge is 2.36. The van der Waals surface area contributed by atoms with Crippen molar-refractivity contribution in [3.05, 3.63) is 72.4 Å². The Morgan fingerprint density at radius 2 is 1.74 bits per heavy atom. The van der Waals surface area contributed by atoms with E-state index in [9.17, 15) is 9.90 Å². The van der Waals surface area contributed by atoms with Crippen molar-refractivity contribution in [1.29, 1.82) is 0 Å². The number of benzene rings is 1. The third kappa shape index (κ3) is 5.22. The number of halogens is 3. The average Bonchev–Trinajstić information content (AvgIpc) is 2.97. The summed E-state index contributed by atoms with van der Waals surface area (Å²) in [4.78, 5) is 18.6. The van der Waals surface area contributed by atoms with Gasteiger partial charge in [-0.05, 0) is 101 Å². The molecule has 180 valence electrons. The molecule has 1 saturated heterocycles. The normalized spacial score (nSPS) is 22.6. The Labute approximate surface area is 223 Å². The second-order valence-electron chi connectivity index (χ2n) is 9.79. The zero-order valence-electron chi connectivity index (χ0n) is 19.1. The maximum Gasteiger partial charge on any atom is 0.133 e. The van der Waals surface area contributed by atoms with Gasteiger partial charge in [-0.15, -0.1) is 0 Å². The number of aromatic nitrogens is 1. The summed E-state index contributed by atoms with van der Waals surface area (Å²) in [5.41, 5.74) is 6.33. The van der Waals surface area contributed by atoms with Crippen LogP contribution in [-0.4, -0.2) is 40.1 Å². The summed E-state index contributed by atoms with van der Waals surface area (Å²) in [6.45, 7) is 1.69. The number of likely N-dealkylation sites (tertiary alicyclic amines) is 1. The molecule has 5 rings (SSSR count). The Balaban J connectivity index is 1.39. The van der Waals surface area contributed by atoms with Gasteiger partial charge >= 0.3 is 0 Å². The standard InChI is InChI=1S/C27H29Br2ClN2O2/c28-20-12-19-4-3-18-13-21(30)14-23(29)25(18)26(27(19)31-15-20)17-7-9-32(10-8-17)24(34)11-16-1-5-22(33)6-2-16/h11-15,17,24,26,34H,1-10H2/t24?,26-/m1/s1. The average molecular weight is 609 g/mol. The van der Waals surface area contributed by atoms with Gasteiger partial charge in [0, 0.05) is 52.0 Å². The zero-order valence-corrected chi connectivity index (χ0v) is 23.0. The number of hydrogen-bond donors (Lipinski definition) is 1. The quantitative estimate of drug-likeness (QED) is 0.400. The molecule has 1 aliphatic heterocycles. The van der Waals surface area contributed by atoms with Gasteiger partial charge in [0.1, 0.15) is 12.0 Å². The lowest BCUT2D eigenvalue weighted by Crippen LogP contribution is -2.42. The van der Waals surface area contributed by atoms with Gasteiger partial charge < -0.3 is 5.11 Å². The van der Waals surface area contributed by atoms with Crippen LogP contribution in [-0.2, 0) is 17.6 Å². The highest BCUT2D eigenvalue weighted by Crippen LogP contribution is 2.46. The van der Waals surface area contributed by atoms with Crippen molar-refractivity contribution in [2.24, 2.45) is 5.92 Å². The van der Waals surface area contributed by atoms with E-state index in [2.05, 4.69) is 48.9 Å². The predicted octanol–water partition coefficient (Wildman–Crippen LogP) is 6.59. The Morgan fingerprint density at radius 3 is 2.47 bits per heavy atom. The molecule has 0 bridgehead atoms. The summed E-state index contributed by atoms with van der Waals surface area (Å²) in [5.74, 6) is 0.976. The van der Waals surface area contributed by atoms with Gasteiger partial charge in [-0.25, -0.2) is 0 Å².